The van der Waals surface area contributed by atoms with Crippen molar-refractivity contribution >= 4 is 17.7 Å². The fourth-order valence-electron chi connectivity index (χ4n) is 1.92. The Labute approximate surface area is 144 Å². The van der Waals surface area contributed by atoms with Crippen LogP contribution in [0, 0.1) is 0 Å². The van der Waals surface area contributed by atoms with E-state index < -0.39 is 5.97 Å². The summed E-state index contributed by atoms with van der Waals surface area (Å²) in [6.45, 7) is 6.95. The van der Waals surface area contributed by atoms with Crippen molar-refractivity contribution in [3.8, 4) is 11.5 Å². The zero-order valence-corrected chi connectivity index (χ0v) is 14.2. The molecule has 0 atom stereocenters. The number of allylic oxidation sites excluding steroid dienone is 1. The molecular formula is C16H19N3O4S. The highest BCUT2D eigenvalue weighted by Crippen LogP contribution is 2.20. The van der Waals surface area contributed by atoms with Crippen molar-refractivity contribution in [1.82, 2.24) is 14.8 Å². The predicted molar refractivity (Wildman–Crippen MR) is 90.5 cm³/mol. The Balaban J connectivity index is 2.02. The molecular weight excluding hydrogens is 330 g/mol. The second kappa shape index (κ2) is 8.97. The van der Waals surface area contributed by atoms with Crippen LogP contribution in [0.3, 0.4) is 0 Å². The molecule has 1 aromatic heterocycles. The van der Waals surface area contributed by atoms with Crippen LogP contribution < -0.4 is 9.47 Å². The van der Waals surface area contributed by atoms with E-state index in [9.17, 15) is 4.79 Å². The monoisotopic (exact) mass is 349 g/mol. The largest absolute Gasteiger partial charge is 0.494 e. The van der Waals surface area contributed by atoms with Crippen molar-refractivity contribution in [2.45, 2.75) is 25.2 Å². The molecule has 0 aliphatic carbocycles. The van der Waals surface area contributed by atoms with Crippen LogP contribution in [0.1, 0.15) is 12.7 Å². The number of aromatic nitrogens is 3. The minimum absolute atomic E-state index is 0.0744. The number of aliphatic carboxylic acids is 1. The minimum Gasteiger partial charge on any atom is -0.494 e. The molecule has 2 aromatic rings. The highest BCUT2D eigenvalue weighted by atomic mass is 32.2. The third-order valence-electron chi connectivity index (χ3n) is 2.93. The maximum Gasteiger partial charge on any atom is 0.313 e. The zero-order chi connectivity index (χ0) is 17.4. The SMILES string of the molecule is C=CCn1c(COc2ccc(OCC)cc2)nnc1SCC(=O)O. The lowest BCUT2D eigenvalue weighted by atomic mass is 10.3. The van der Waals surface area contributed by atoms with Crippen LogP contribution in [0.25, 0.3) is 0 Å². The van der Waals surface area contributed by atoms with Gasteiger partial charge in [-0.25, -0.2) is 0 Å². The summed E-state index contributed by atoms with van der Waals surface area (Å²) in [5, 5.41) is 17.4. The predicted octanol–water partition coefficient (Wildman–Crippen LogP) is 2.62. The maximum absolute atomic E-state index is 10.7. The van der Waals surface area contributed by atoms with Gasteiger partial charge in [0.15, 0.2) is 11.0 Å². The molecule has 1 heterocycles. The lowest BCUT2D eigenvalue weighted by molar-refractivity contribution is -0.133. The van der Waals surface area contributed by atoms with Gasteiger partial charge in [-0.2, -0.15) is 0 Å². The number of carbonyl (C=O) groups is 1. The molecule has 0 amide bonds. The Morgan fingerprint density at radius 2 is 1.96 bits per heavy atom. The van der Waals surface area contributed by atoms with Crippen LogP contribution in [0.4, 0.5) is 0 Å². The molecule has 1 aromatic carbocycles. The number of hydrogen-bond acceptors (Lipinski definition) is 6. The normalized spacial score (nSPS) is 10.4. The van der Waals surface area contributed by atoms with E-state index in [1.54, 1.807) is 10.6 Å². The highest BCUT2D eigenvalue weighted by Gasteiger charge is 2.13. The molecule has 0 radical (unpaired) electrons. The fraction of sp³-hybridized carbons (Fsp3) is 0.312. The first kappa shape index (κ1) is 17.9. The van der Waals surface area contributed by atoms with E-state index >= 15 is 0 Å². The summed E-state index contributed by atoms with van der Waals surface area (Å²) >= 11 is 1.11. The van der Waals surface area contributed by atoms with Crippen molar-refractivity contribution in [2.75, 3.05) is 12.4 Å². The van der Waals surface area contributed by atoms with Gasteiger partial charge in [-0.15, -0.1) is 16.8 Å². The first-order valence-electron chi connectivity index (χ1n) is 7.37. The molecule has 0 saturated carbocycles. The summed E-state index contributed by atoms with van der Waals surface area (Å²) in [6.07, 6.45) is 1.70. The zero-order valence-electron chi connectivity index (χ0n) is 13.3. The number of ether oxygens (including phenoxy) is 2. The third-order valence-corrected chi connectivity index (χ3v) is 3.88. The van der Waals surface area contributed by atoms with E-state index in [0.29, 0.717) is 29.9 Å². The Morgan fingerprint density at radius 1 is 1.29 bits per heavy atom. The molecule has 2 rings (SSSR count). The van der Waals surface area contributed by atoms with Crippen molar-refractivity contribution in [1.29, 1.82) is 0 Å². The van der Waals surface area contributed by atoms with E-state index in [0.717, 1.165) is 17.5 Å². The van der Waals surface area contributed by atoms with Crippen molar-refractivity contribution in [3.05, 3.63) is 42.7 Å². The summed E-state index contributed by atoms with van der Waals surface area (Å²) in [5.74, 6) is 1.10. The number of benzene rings is 1. The molecule has 0 aliphatic rings. The van der Waals surface area contributed by atoms with Gasteiger partial charge in [0.05, 0.1) is 12.4 Å². The van der Waals surface area contributed by atoms with Gasteiger partial charge in [0, 0.05) is 6.54 Å². The standard InChI is InChI=1S/C16H19N3O4S/c1-3-9-19-14(17-18-16(19)24-11-15(20)21)10-23-13-7-5-12(6-8-13)22-4-2/h3,5-8H,1,4,9-11H2,2H3,(H,20,21). The summed E-state index contributed by atoms with van der Waals surface area (Å²) in [4.78, 5) is 10.7. The average molecular weight is 349 g/mol. The fourth-order valence-corrected chi connectivity index (χ4v) is 2.60. The Hall–Kier alpha value is -2.48. The van der Waals surface area contributed by atoms with Gasteiger partial charge in [0.25, 0.3) is 0 Å². The van der Waals surface area contributed by atoms with Gasteiger partial charge >= 0.3 is 5.97 Å². The van der Waals surface area contributed by atoms with E-state index in [1.165, 1.54) is 0 Å². The van der Waals surface area contributed by atoms with Crippen LogP contribution in [0.15, 0.2) is 42.1 Å². The number of rotatable bonds is 10. The topological polar surface area (TPSA) is 86.5 Å². The molecule has 0 aliphatic heterocycles. The molecule has 0 spiro atoms. The molecule has 24 heavy (non-hydrogen) atoms. The van der Waals surface area contributed by atoms with E-state index in [2.05, 4.69) is 16.8 Å². The number of hydrogen-bond donors (Lipinski definition) is 1. The summed E-state index contributed by atoms with van der Waals surface area (Å²) < 4.78 is 12.9. The molecule has 0 fully saturated rings. The van der Waals surface area contributed by atoms with Crippen LogP contribution >= 0.6 is 11.8 Å². The van der Waals surface area contributed by atoms with Crippen molar-refractivity contribution in [2.24, 2.45) is 0 Å². The molecule has 1 N–H and O–H groups in total. The van der Waals surface area contributed by atoms with E-state index in [1.807, 2.05) is 31.2 Å². The molecule has 8 heteroatoms. The first-order chi connectivity index (χ1) is 11.6. The highest BCUT2D eigenvalue weighted by molar-refractivity contribution is 7.99. The van der Waals surface area contributed by atoms with Crippen LogP contribution in [0.5, 0.6) is 11.5 Å². The van der Waals surface area contributed by atoms with Gasteiger partial charge in [-0.3, -0.25) is 9.36 Å². The average Bonchev–Trinajstić information content (AvgIpc) is 2.95. The quantitative estimate of drug-likeness (QED) is 0.521. The van der Waals surface area contributed by atoms with Gasteiger partial charge in [-0.05, 0) is 31.2 Å². The van der Waals surface area contributed by atoms with Gasteiger partial charge in [0.2, 0.25) is 0 Å². The maximum atomic E-state index is 10.7. The molecule has 128 valence electrons. The number of carboxylic acids is 1. The molecule has 7 nitrogen and oxygen atoms in total. The number of thioether (sulfide) groups is 1. The molecule has 0 unspecified atom stereocenters. The minimum atomic E-state index is -0.902. The molecule has 0 bridgehead atoms. The third kappa shape index (κ3) is 5.02. The van der Waals surface area contributed by atoms with Crippen LogP contribution in [-0.4, -0.2) is 38.2 Å². The summed E-state index contributed by atoms with van der Waals surface area (Å²) in [7, 11) is 0. The van der Waals surface area contributed by atoms with Crippen molar-refractivity contribution in [3.63, 3.8) is 0 Å². The van der Waals surface area contributed by atoms with E-state index in [-0.39, 0.29) is 12.4 Å². The lowest BCUT2D eigenvalue weighted by Gasteiger charge is -2.09. The number of carboxylic acid groups (broad SMARTS) is 1. The first-order valence-corrected chi connectivity index (χ1v) is 8.35. The summed E-state index contributed by atoms with van der Waals surface area (Å²) in [6, 6.07) is 7.31. The lowest BCUT2D eigenvalue weighted by Crippen LogP contribution is -2.08. The van der Waals surface area contributed by atoms with Crippen LogP contribution in [0.2, 0.25) is 0 Å². The van der Waals surface area contributed by atoms with Crippen LogP contribution in [-0.2, 0) is 17.9 Å². The Bertz CT molecular complexity index is 685. The molecule has 0 saturated heterocycles. The second-order valence-electron chi connectivity index (χ2n) is 4.67. The number of nitrogens with zero attached hydrogens (tertiary/aromatic N) is 3. The Morgan fingerprint density at radius 3 is 2.54 bits per heavy atom. The smallest absolute Gasteiger partial charge is 0.313 e. The van der Waals surface area contributed by atoms with Crippen molar-refractivity contribution < 1.29 is 19.4 Å². The summed E-state index contributed by atoms with van der Waals surface area (Å²) in [5.41, 5.74) is 0. The van der Waals surface area contributed by atoms with E-state index in [4.69, 9.17) is 14.6 Å². The Kier molecular flexibility index (Phi) is 6.68. The van der Waals surface area contributed by atoms with Gasteiger partial charge < -0.3 is 14.6 Å². The van der Waals surface area contributed by atoms with Gasteiger partial charge in [0.1, 0.15) is 18.1 Å². The van der Waals surface area contributed by atoms with Gasteiger partial charge in [-0.1, -0.05) is 17.8 Å². The second-order valence-corrected chi connectivity index (χ2v) is 5.62.